The van der Waals surface area contributed by atoms with E-state index in [2.05, 4.69) is 71.1 Å². The average molecular weight is 474 g/mol. The van der Waals surface area contributed by atoms with Crippen molar-refractivity contribution in [2.24, 2.45) is 0 Å². The second-order valence-corrected chi connectivity index (χ2v) is 9.16. The Balaban J connectivity index is 1.38. The summed E-state index contributed by atoms with van der Waals surface area (Å²) in [5, 5.41) is 1.03. The molecule has 2 aromatic heterocycles. The lowest BCUT2D eigenvalue weighted by Gasteiger charge is -2.35. The Morgan fingerprint density at radius 3 is 2.14 bits per heavy atom. The number of carbonyl (C=O) groups is 1. The summed E-state index contributed by atoms with van der Waals surface area (Å²) in [7, 11) is 0. The molecule has 0 N–H and O–H groups in total. The molecular weight excluding hydrogens is 446 g/mol. The first kappa shape index (κ1) is 22.0. The van der Waals surface area contributed by atoms with Crippen molar-refractivity contribution in [1.29, 1.82) is 0 Å². The quantitative estimate of drug-likeness (QED) is 0.353. The van der Waals surface area contributed by atoms with Gasteiger partial charge in [-0.25, -0.2) is 9.97 Å². The third-order valence-corrected chi connectivity index (χ3v) is 6.85. The van der Waals surface area contributed by atoms with Gasteiger partial charge < -0.3 is 14.4 Å². The van der Waals surface area contributed by atoms with Crippen LogP contribution < -0.4 is 4.90 Å². The Morgan fingerprint density at radius 2 is 1.44 bits per heavy atom. The summed E-state index contributed by atoms with van der Waals surface area (Å²) in [5.74, 6) is 0.995. The molecule has 1 aliphatic heterocycles. The van der Waals surface area contributed by atoms with E-state index >= 15 is 0 Å². The van der Waals surface area contributed by atoms with Crippen molar-refractivity contribution < 1.29 is 4.79 Å². The van der Waals surface area contributed by atoms with E-state index in [4.69, 9.17) is 9.97 Å². The van der Waals surface area contributed by atoms with Crippen LogP contribution in [0.3, 0.4) is 0 Å². The number of benzene rings is 3. The van der Waals surface area contributed by atoms with E-state index in [0.29, 0.717) is 26.2 Å². The third kappa shape index (κ3) is 4.01. The van der Waals surface area contributed by atoms with Gasteiger partial charge in [0.25, 0.3) is 5.91 Å². The van der Waals surface area contributed by atoms with E-state index in [1.807, 2.05) is 41.3 Å². The Labute approximate surface area is 210 Å². The molecule has 0 bridgehead atoms. The molecule has 0 spiro atoms. The summed E-state index contributed by atoms with van der Waals surface area (Å²) >= 11 is 0. The maximum atomic E-state index is 13.0. The zero-order valence-corrected chi connectivity index (χ0v) is 20.2. The summed E-state index contributed by atoms with van der Waals surface area (Å²) in [6.45, 7) is 4.83. The predicted molar refractivity (Wildman–Crippen MR) is 144 cm³/mol. The summed E-state index contributed by atoms with van der Waals surface area (Å²) < 4.78 is 2.15. The topological polar surface area (TPSA) is 54.3 Å². The third-order valence-electron chi connectivity index (χ3n) is 6.85. The molecule has 3 heterocycles. The molecule has 1 fully saturated rings. The van der Waals surface area contributed by atoms with Gasteiger partial charge in [-0.2, -0.15) is 0 Å². The predicted octanol–water partition coefficient (Wildman–Crippen LogP) is 5.36. The van der Waals surface area contributed by atoms with E-state index < -0.39 is 0 Å². The number of aryl methyl sites for hydroxylation is 1. The Morgan fingerprint density at radius 1 is 0.778 bits per heavy atom. The molecule has 0 aliphatic carbocycles. The summed E-state index contributed by atoms with van der Waals surface area (Å²) in [6, 6.07) is 28.4. The fourth-order valence-electron chi connectivity index (χ4n) is 4.91. The lowest BCUT2D eigenvalue weighted by atomic mass is 10.1. The SMILES string of the molecule is Cc1ccc(-n2cc(-c3ccccc3)c3c(N4CCN(C(=O)c5ccccc5)CC4)ncnc32)cc1. The van der Waals surface area contributed by atoms with Gasteiger partial charge in [0.1, 0.15) is 12.1 Å². The lowest BCUT2D eigenvalue weighted by molar-refractivity contribution is 0.0746. The van der Waals surface area contributed by atoms with Gasteiger partial charge in [0, 0.05) is 49.2 Å². The van der Waals surface area contributed by atoms with E-state index in [1.54, 1.807) is 6.33 Å². The van der Waals surface area contributed by atoms with Crippen LogP contribution in [0.15, 0.2) is 97.5 Å². The van der Waals surface area contributed by atoms with Crippen molar-refractivity contribution in [1.82, 2.24) is 19.4 Å². The van der Waals surface area contributed by atoms with Gasteiger partial charge in [-0.05, 0) is 36.8 Å². The monoisotopic (exact) mass is 473 g/mol. The molecule has 1 aliphatic rings. The molecule has 0 saturated carbocycles. The molecule has 36 heavy (non-hydrogen) atoms. The number of carbonyl (C=O) groups excluding carboxylic acids is 1. The van der Waals surface area contributed by atoms with Crippen molar-refractivity contribution in [2.45, 2.75) is 6.92 Å². The molecule has 3 aromatic carbocycles. The molecule has 1 amide bonds. The van der Waals surface area contributed by atoms with Crippen molar-refractivity contribution in [3.63, 3.8) is 0 Å². The molecule has 5 aromatic rings. The second-order valence-electron chi connectivity index (χ2n) is 9.16. The largest absolute Gasteiger partial charge is 0.352 e. The van der Waals surface area contributed by atoms with Gasteiger partial charge in [-0.1, -0.05) is 66.2 Å². The number of nitrogens with zero attached hydrogens (tertiary/aromatic N) is 5. The average Bonchev–Trinajstić information content (AvgIpc) is 3.34. The van der Waals surface area contributed by atoms with Crippen molar-refractivity contribution in [3.8, 4) is 16.8 Å². The Hall–Kier alpha value is -4.45. The van der Waals surface area contributed by atoms with Crippen LogP contribution >= 0.6 is 0 Å². The summed E-state index contributed by atoms with van der Waals surface area (Å²) in [4.78, 5) is 26.7. The van der Waals surface area contributed by atoms with E-state index in [0.717, 1.165) is 39.2 Å². The molecule has 178 valence electrons. The number of amides is 1. The summed E-state index contributed by atoms with van der Waals surface area (Å²) in [6.07, 6.45) is 3.82. The minimum Gasteiger partial charge on any atom is -0.352 e. The van der Waals surface area contributed by atoms with Crippen LogP contribution in [0, 0.1) is 6.92 Å². The Kier molecular flexibility index (Phi) is 5.70. The zero-order valence-electron chi connectivity index (χ0n) is 20.2. The molecule has 6 rings (SSSR count). The first-order valence-corrected chi connectivity index (χ1v) is 12.3. The van der Waals surface area contributed by atoms with Gasteiger partial charge in [-0.15, -0.1) is 0 Å². The van der Waals surface area contributed by atoms with Gasteiger partial charge in [0.05, 0.1) is 5.39 Å². The molecular formula is C30H27N5O. The smallest absolute Gasteiger partial charge is 0.253 e. The van der Waals surface area contributed by atoms with Crippen molar-refractivity contribution in [3.05, 3.63) is 109 Å². The minimum atomic E-state index is 0.0820. The van der Waals surface area contributed by atoms with Gasteiger partial charge in [0.2, 0.25) is 0 Å². The Bertz CT molecular complexity index is 1500. The highest BCUT2D eigenvalue weighted by Crippen LogP contribution is 2.37. The van der Waals surface area contributed by atoms with Crippen LogP contribution in [-0.2, 0) is 0 Å². The first-order valence-electron chi connectivity index (χ1n) is 12.3. The number of rotatable bonds is 4. The zero-order chi connectivity index (χ0) is 24.5. The number of piperazine rings is 1. The van der Waals surface area contributed by atoms with Crippen LogP contribution in [0.2, 0.25) is 0 Å². The normalized spacial score (nSPS) is 13.8. The molecule has 0 radical (unpaired) electrons. The highest BCUT2D eigenvalue weighted by molar-refractivity contribution is 6.02. The van der Waals surface area contributed by atoms with Gasteiger partial charge >= 0.3 is 0 Å². The van der Waals surface area contributed by atoms with Crippen molar-refractivity contribution in [2.75, 3.05) is 31.1 Å². The fourth-order valence-corrected chi connectivity index (χ4v) is 4.91. The van der Waals surface area contributed by atoms with Crippen LogP contribution in [-0.4, -0.2) is 51.5 Å². The van der Waals surface area contributed by atoms with Crippen LogP contribution in [0.25, 0.3) is 27.8 Å². The molecule has 1 saturated heterocycles. The number of hydrogen-bond donors (Lipinski definition) is 0. The number of aromatic nitrogens is 3. The number of hydrogen-bond acceptors (Lipinski definition) is 4. The first-order chi connectivity index (χ1) is 17.7. The lowest BCUT2D eigenvalue weighted by Crippen LogP contribution is -2.49. The van der Waals surface area contributed by atoms with E-state index in [-0.39, 0.29) is 5.91 Å². The van der Waals surface area contributed by atoms with E-state index in [1.165, 1.54) is 5.56 Å². The standard InChI is InChI=1S/C30H27N5O/c1-22-12-14-25(15-13-22)35-20-26(23-8-4-2-5-9-23)27-28(31-21-32-29(27)35)33-16-18-34(19-17-33)30(36)24-10-6-3-7-11-24/h2-15,20-21H,16-19H2,1H3. The second kappa shape index (κ2) is 9.30. The summed E-state index contributed by atoms with van der Waals surface area (Å²) in [5.41, 5.74) is 6.13. The maximum absolute atomic E-state index is 13.0. The highest BCUT2D eigenvalue weighted by atomic mass is 16.2. The highest BCUT2D eigenvalue weighted by Gasteiger charge is 2.26. The van der Waals surface area contributed by atoms with Crippen LogP contribution in [0.5, 0.6) is 0 Å². The fraction of sp³-hybridized carbons (Fsp3) is 0.167. The van der Waals surface area contributed by atoms with Crippen LogP contribution in [0.4, 0.5) is 5.82 Å². The number of fused-ring (bicyclic) bond motifs is 1. The maximum Gasteiger partial charge on any atom is 0.253 e. The molecule has 6 nitrogen and oxygen atoms in total. The van der Waals surface area contributed by atoms with Crippen molar-refractivity contribution >= 4 is 22.8 Å². The minimum absolute atomic E-state index is 0.0820. The molecule has 0 atom stereocenters. The van der Waals surface area contributed by atoms with Gasteiger partial charge in [-0.3, -0.25) is 4.79 Å². The number of anilines is 1. The molecule has 6 heteroatoms. The molecule has 0 unspecified atom stereocenters. The van der Waals surface area contributed by atoms with E-state index in [9.17, 15) is 4.79 Å². The van der Waals surface area contributed by atoms with Crippen LogP contribution in [0.1, 0.15) is 15.9 Å². The van der Waals surface area contributed by atoms with Gasteiger partial charge in [0.15, 0.2) is 5.65 Å².